The smallest absolute Gasteiger partial charge is 0.181 e. The van der Waals surface area contributed by atoms with E-state index in [1.54, 1.807) is 0 Å². The van der Waals surface area contributed by atoms with Crippen LogP contribution in [0.5, 0.6) is 0 Å². The third-order valence-electron chi connectivity index (χ3n) is 30.3. The Morgan fingerprint density at radius 2 is 0.553 bits per heavy atom. The summed E-state index contributed by atoms with van der Waals surface area (Å²) >= 11 is 1.89. The second kappa shape index (κ2) is 26.3. The van der Waals surface area contributed by atoms with Crippen LogP contribution < -0.4 is 20.7 Å². The normalized spacial score (nSPS) is 13.1. The van der Waals surface area contributed by atoms with E-state index < -0.39 is 8.07 Å². The van der Waals surface area contributed by atoms with Crippen LogP contribution in [0.15, 0.2) is 435 Å². The maximum Gasteiger partial charge on any atom is 0.181 e. The number of aromatic nitrogens is 3. The van der Waals surface area contributed by atoms with Crippen molar-refractivity contribution in [2.45, 2.75) is 0 Å². The van der Waals surface area contributed by atoms with Gasteiger partial charge in [0.05, 0.1) is 49.7 Å². The highest BCUT2D eigenvalue weighted by Gasteiger charge is 2.50. The summed E-state index contributed by atoms with van der Waals surface area (Å²) < 4.78 is 16.6. The van der Waals surface area contributed by atoms with Gasteiger partial charge < -0.3 is 17.6 Å². The molecule has 24 aromatic carbocycles. The van der Waals surface area contributed by atoms with Crippen LogP contribution in [0.25, 0.3) is 277 Å². The van der Waals surface area contributed by atoms with Crippen molar-refractivity contribution in [2.24, 2.45) is 0 Å². The molecule has 132 heavy (non-hydrogen) atoms. The van der Waals surface area contributed by atoms with Gasteiger partial charge in [-0.1, -0.05) is 364 Å². The van der Waals surface area contributed by atoms with Gasteiger partial charge in [0.2, 0.25) is 0 Å². The SMILES string of the molecule is c1ccc([Si]2(c3ccccc3)c3ccccc3-c3cccc(-c4ccc5c(c4)c4ccc6c7ccccc7n7c8cccc5c8c4c67)c32)cc1.c1ccc2c(c1)oc1c(-c3ccc4c(c3)c3ccc5c6ccccc6n6c7cccc4c7c3c56)cccc12.c1ccc2c(c1)sc1c(-c3ccc(-c4ccc5c(c4)c4ccc6c7ccccc7n7c8cccc5c8c4c67)cc3)cccc12. The zero-order valence-electron chi connectivity index (χ0n) is 71.2. The first-order valence-electron chi connectivity index (χ1n) is 45.8. The monoisotopic (exact) mass is 1700 g/mol. The van der Waals surface area contributed by atoms with Crippen molar-refractivity contribution in [3.8, 4) is 55.6 Å². The standard InChI is InChI=1S/C48H29NSi.C42H23NS.C36H19NO/c1-3-13-31(14-4-1)50(32-15-5-2-6-16-32)44-24-10-8-18-36(44)40-21-11-19-33(48(40)50)30-25-26-34-37-20-12-23-43-45(37)46-38(41(34)29-30)27-28-39-35-17-7-9-22-42(35)49(43)47(39)46;1-3-12-36-29(7-1)33-22-21-32-35-23-26(19-20-28(35)31-10-6-13-37-39(31)40(32)41(33)43(36)37)24-15-17-25(18-16-24)27-9-5-11-34-30-8-2-4-14-38(30)44-42(27)34;1-3-12-30-23(7-1)27-18-17-26-29-19-20(21-9-5-11-28-24-8-2-4-14-32(24)38-36(21)28)15-16-22(29)25-10-6-13-31-33(25)34(26)35(27)37(30)31/h1-29H;1-23H;1-19H. The van der Waals surface area contributed by atoms with Crippen molar-refractivity contribution in [1.29, 1.82) is 0 Å². The molecular formula is C126H71N3OSSi. The van der Waals surface area contributed by atoms with Gasteiger partial charge in [-0.2, -0.15) is 0 Å². The second-order valence-corrected chi connectivity index (χ2v) is 41.2. The Kier molecular flexibility index (Phi) is 14.2. The fraction of sp³-hybridized carbons (Fsp3) is 0. The van der Waals surface area contributed by atoms with E-state index in [0.717, 1.165) is 27.5 Å². The van der Waals surface area contributed by atoms with Gasteiger partial charge in [0, 0.05) is 101 Å². The van der Waals surface area contributed by atoms with Gasteiger partial charge in [-0.3, -0.25) is 0 Å². The van der Waals surface area contributed by atoms with Crippen molar-refractivity contribution >= 4 is 261 Å². The zero-order valence-corrected chi connectivity index (χ0v) is 73.0. The van der Waals surface area contributed by atoms with E-state index >= 15 is 0 Å². The Bertz CT molecular complexity index is 10500. The van der Waals surface area contributed by atoms with Crippen molar-refractivity contribution in [1.82, 2.24) is 13.2 Å². The lowest BCUT2D eigenvalue weighted by molar-refractivity contribution is 0.670. The van der Waals surface area contributed by atoms with Crippen LogP contribution in [-0.4, -0.2) is 21.3 Å². The van der Waals surface area contributed by atoms with E-state index in [1.807, 2.05) is 17.4 Å². The van der Waals surface area contributed by atoms with E-state index in [1.165, 1.54) is 270 Å². The van der Waals surface area contributed by atoms with Gasteiger partial charge in [0.25, 0.3) is 0 Å². The molecular weight excluding hydrogens is 1630 g/mol. The molecule has 1 aliphatic heterocycles. The number of thiophene rings is 1. The summed E-state index contributed by atoms with van der Waals surface area (Å²) in [5.41, 5.74) is 26.4. The van der Waals surface area contributed by atoms with Crippen molar-refractivity contribution in [3.63, 3.8) is 0 Å². The molecule has 6 heteroatoms. The van der Waals surface area contributed by atoms with Gasteiger partial charge in [-0.05, 0) is 202 Å². The molecule has 33 rings (SSSR count). The minimum Gasteiger partial charge on any atom is -0.455 e. The Morgan fingerprint density at radius 1 is 0.197 bits per heavy atom. The summed E-state index contributed by atoms with van der Waals surface area (Å²) in [7, 11) is -2.67. The first kappa shape index (κ1) is 71.3. The fourth-order valence-electron chi connectivity index (χ4n) is 25.1. The number of hydrogen-bond donors (Lipinski definition) is 0. The number of hydrogen-bond acceptors (Lipinski definition) is 2. The van der Waals surface area contributed by atoms with E-state index in [4.69, 9.17) is 4.42 Å². The summed E-state index contributed by atoms with van der Waals surface area (Å²) in [5.74, 6) is 0. The van der Waals surface area contributed by atoms with Gasteiger partial charge in [-0.25, -0.2) is 0 Å². The topological polar surface area (TPSA) is 26.4 Å². The highest BCUT2D eigenvalue weighted by Crippen LogP contribution is 2.54. The van der Waals surface area contributed by atoms with Gasteiger partial charge >= 0.3 is 0 Å². The molecule has 0 radical (unpaired) electrons. The fourth-order valence-corrected chi connectivity index (χ4v) is 31.7. The Hall–Kier alpha value is -16.7. The van der Waals surface area contributed by atoms with E-state index in [2.05, 4.69) is 438 Å². The van der Waals surface area contributed by atoms with E-state index in [-0.39, 0.29) is 0 Å². The number of furan rings is 1. The van der Waals surface area contributed by atoms with Gasteiger partial charge in [0.1, 0.15) is 11.2 Å². The summed E-state index contributed by atoms with van der Waals surface area (Å²) in [6, 6.07) is 161. The minimum atomic E-state index is -2.67. The molecule has 1 aliphatic rings. The lowest BCUT2D eigenvalue weighted by atomic mass is 9.91. The molecule has 8 aromatic heterocycles. The summed E-state index contributed by atoms with van der Waals surface area (Å²) in [6.07, 6.45) is 0. The second-order valence-electron chi connectivity index (χ2n) is 36.5. The van der Waals surface area contributed by atoms with Crippen molar-refractivity contribution < 1.29 is 4.42 Å². The number of nitrogens with zero attached hydrogens (tertiary/aromatic N) is 3. The Morgan fingerprint density at radius 3 is 1.11 bits per heavy atom. The van der Waals surface area contributed by atoms with Crippen molar-refractivity contribution in [3.05, 3.63) is 431 Å². The maximum atomic E-state index is 6.40. The summed E-state index contributed by atoms with van der Waals surface area (Å²) in [5, 5.41) is 42.9. The largest absolute Gasteiger partial charge is 0.455 e. The van der Waals surface area contributed by atoms with Gasteiger partial charge in [0.15, 0.2) is 8.07 Å². The molecule has 0 atom stereocenters. The third kappa shape index (κ3) is 9.23. The third-order valence-corrected chi connectivity index (χ3v) is 36.5. The quantitative estimate of drug-likeness (QED) is 0.120. The summed E-state index contributed by atoms with van der Waals surface area (Å²) in [4.78, 5) is 0. The molecule has 32 aromatic rings. The molecule has 0 aliphatic carbocycles. The number of benzene rings is 24. The van der Waals surface area contributed by atoms with Crippen LogP contribution in [0.3, 0.4) is 0 Å². The van der Waals surface area contributed by atoms with Crippen LogP contribution in [0.2, 0.25) is 0 Å². The lowest BCUT2D eigenvalue weighted by Crippen LogP contribution is -2.73. The molecule has 0 spiro atoms. The average Bonchev–Trinajstić information content (AvgIpc) is 1.53. The molecule has 9 heterocycles. The molecule has 0 N–H and O–H groups in total. The first-order chi connectivity index (χ1) is 65.5. The van der Waals surface area contributed by atoms with Crippen LogP contribution in [0.4, 0.5) is 0 Å². The Labute approximate surface area is 759 Å². The lowest BCUT2D eigenvalue weighted by Gasteiger charge is -2.33. The molecule has 0 unspecified atom stereocenters. The minimum absolute atomic E-state index is 0.931. The van der Waals surface area contributed by atoms with Crippen LogP contribution in [-0.2, 0) is 0 Å². The molecule has 0 saturated carbocycles. The zero-order chi connectivity index (χ0) is 85.6. The van der Waals surface area contributed by atoms with Crippen LogP contribution in [0.1, 0.15) is 0 Å². The molecule has 606 valence electrons. The van der Waals surface area contributed by atoms with Crippen LogP contribution in [0, 0.1) is 0 Å². The van der Waals surface area contributed by atoms with Crippen molar-refractivity contribution in [2.75, 3.05) is 0 Å². The summed E-state index contributed by atoms with van der Waals surface area (Å²) in [6.45, 7) is 0. The highest BCUT2D eigenvalue weighted by molar-refractivity contribution is 7.26. The number of para-hydroxylation sites is 5. The molecule has 0 fully saturated rings. The highest BCUT2D eigenvalue weighted by atomic mass is 32.1. The molecule has 4 nitrogen and oxygen atoms in total. The number of rotatable bonds is 6. The average molecular weight is 1700 g/mol. The van der Waals surface area contributed by atoms with E-state index in [9.17, 15) is 0 Å². The maximum absolute atomic E-state index is 6.40. The van der Waals surface area contributed by atoms with E-state index in [0.29, 0.717) is 0 Å². The molecule has 0 amide bonds. The molecule has 0 bridgehead atoms. The predicted molar refractivity (Wildman–Crippen MR) is 566 cm³/mol. The van der Waals surface area contributed by atoms with Crippen LogP contribution >= 0.6 is 11.3 Å². The first-order valence-corrected chi connectivity index (χ1v) is 48.7. The molecule has 0 saturated heterocycles. The number of fused-ring (bicyclic) bond motifs is 30. The predicted octanol–water partition coefficient (Wildman–Crippen LogP) is 32.0. The Balaban J connectivity index is 0.0000000940. The van der Waals surface area contributed by atoms with Gasteiger partial charge in [-0.15, -0.1) is 11.3 Å².